The van der Waals surface area contributed by atoms with Crippen LogP contribution in [-0.4, -0.2) is 42.9 Å². The summed E-state index contributed by atoms with van der Waals surface area (Å²) >= 11 is 1.20. The van der Waals surface area contributed by atoms with Crippen LogP contribution in [0.1, 0.15) is 12.2 Å². The summed E-state index contributed by atoms with van der Waals surface area (Å²) in [5, 5.41) is 3.13. The monoisotopic (exact) mass is 419 g/mol. The van der Waals surface area contributed by atoms with Crippen LogP contribution < -0.4 is 5.32 Å². The number of anilines is 1. The van der Waals surface area contributed by atoms with E-state index in [9.17, 15) is 18.0 Å². The second-order valence-corrected chi connectivity index (χ2v) is 9.71. The molecule has 1 aliphatic heterocycles. The van der Waals surface area contributed by atoms with E-state index >= 15 is 0 Å². The van der Waals surface area contributed by atoms with Crippen molar-refractivity contribution in [3.8, 4) is 0 Å². The highest BCUT2D eigenvalue weighted by Crippen LogP contribution is 2.29. The third kappa shape index (κ3) is 3.78. The van der Waals surface area contributed by atoms with Crippen molar-refractivity contribution in [2.45, 2.75) is 17.9 Å². The van der Waals surface area contributed by atoms with Gasteiger partial charge in [-0.2, -0.15) is 0 Å². The Kier molecular flexibility index (Phi) is 4.68. The highest BCUT2D eigenvalue weighted by Gasteiger charge is 2.35. The van der Waals surface area contributed by atoms with Crippen molar-refractivity contribution < 1.29 is 22.4 Å². The van der Waals surface area contributed by atoms with E-state index in [1.54, 1.807) is 35.4 Å². The van der Waals surface area contributed by atoms with Crippen molar-refractivity contribution in [3.05, 3.63) is 42.4 Å². The molecule has 2 aromatic heterocycles. The van der Waals surface area contributed by atoms with Crippen LogP contribution in [0.2, 0.25) is 0 Å². The lowest BCUT2D eigenvalue weighted by Gasteiger charge is -2.14. The second kappa shape index (κ2) is 7.02. The summed E-state index contributed by atoms with van der Waals surface area (Å²) in [5.41, 5.74) is 0.606. The molecule has 1 aliphatic rings. The number of likely N-dealkylation sites (tertiary alicyclic amines) is 1. The first-order chi connectivity index (χ1) is 13.3. The van der Waals surface area contributed by atoms with E-state index in [4.69, 9.17) is 4.42 Å². The normalized spacial score (nSPS) is 17.4. The molecule has 28 heavy (non-hydrogen) atoms. The number of sulfone groups is 1. The van der Waals surface area contributed by atoms with Crippen molar-refractivity contribution >= 4 is 48.3 Å². The van der Waals surface area contributed by atoms with Gasteiger partial charge in [0, 0.05) is 19.2 Å². The maximum absolute atomic E-state index is 12.6. The fourth-order valence-electron chi connectivity index (χ4n) is 3.09. The summed E-state index contributed by atoms with van der Waals surface area (Å²) in [6.45, 7) is 0.652. The summed E-state index contributed by atoms with van der Waals surface area (Å²) in [4.78, 5) is 30.9. The predicted octanol–water partition coefficient (Wildman–Crippen LogP) is 2.28. The molecule has 2 amide bonds. The number of carbonyl (C=O) groups excluding carboxylic acids is 2. The first-order valence-corrected chi connectivity index (χ1v) is 11.2. The van der Waals surface area contributed by atoms with Crippen LogP contribution in [0.3, 0.4) is 0 Å². The minimum Gasteiger partial charge on any atom is -0.467 e. The summed E-state index contributed by atoms with van der Waals surface area (Å²) in [6, 6.07) is 8.18. The number of hydrogen-bond acceptors (Lipinski definition) is 7. The molecule has 10 heteroatoms. The predicted molar refractivity (Wildman–Crippen MR) is 104 cm³/mol. The van der Waals surface area contributed by atoms with Crippen LogP contribution in [0.5, 0.6) is 0 Å². The lowest BCUT2D eigenvalue weighted by Crippen LogP contribution is -2.27. The number of furan rings is 1. The molecule has 1 N–H and O–H groups in total. The van der Waals surface area contributed by atoms with Gasteiger partial charge in [0.05, 0.1) is 33.8 Å². The highest BCUT2D eigenvalue weighted by atomic mass is 32.2. The van der Waals surface area contributed by atoms with Crippen LogP contribution in [0.15, 0.2) is 45.9 Å². The van der Waals surface area contributed by atoms with Crippen molar-refractivity contribution in [1.29, 1.82) is 0 Å². The number of aromatic nitrogens is 1. The standard InChI is InChI=1S/C18H17N3O5S2/c1-28(24,25)13-4-5-14-15(8-13)27-18(19-14)20-17(23)11-7-16(22)21(9-11)10-12-3-2-6-26-12/h2-6,8,11H,7,9-10H2,1H3,(H,19,20,23)/t11-/m0/s1. The molecule has 8 nitrogen and oxygen atoms in total. The lowest BCUT2D eigenvalue weighted by molar-refractivity contribution is -0.128. The van der Waals surface area contributed by atoms with Gasteiger partial charge in [0.1, 0.15) is 5.76 Å². The molecule has 0 unspecified atom stereocenters. The molecular formula is C18H17N3O5S2. The Hall–Kier alpha value is -2.72. The number of rotatable bonds is 5. The molecule has 0 radical (unpaired) electrons. The minimum atomic E-state index is -3.31. The van der Waals surface area contributed by atoms with E-state index in [0.29, 0.717) is 34.2 Å². The number of thiazole rings is 1. The molecule has 0 saturated carbocycles. The van der Waals surface area contributed by atoms with Crippen molar-refractivity contribution in [2.24, 2.45) is 5.92 Å². The topological polar surface area (TPSA) is 110 Å². The largest absolute Gasteiger partial charge is 0.467 e. The van der Waals surface area contributed by atoms with Crippen molar-refractivity contribution in [3.63, 3.8) is 0 Å². The van der Waals surface area contributed by atoms with E-state index < -0.39 is 15.8 Å². The number of benzene rings is 1. The molecule has 1 aromatic carbocycles. The third-order valence-electron chi connectivity index (χ3n) is 4.53. The zero-order valence-corrected chi connectivity index (χ0v) is 16.5. The first kappa shape index (κ1) is 18.6. The molecule has 0 bridgehead atoms. The van der Waals surface area contributed by atoms with Crippen LogP contribution >= 0.6 is 11.3 Å². The van der Waals surface area contributed by atoms with Crippen molar-refractivity contribution in [2.75, 3.05) is 18.1 Å². The zero-order chi connectivity index (χ0) is 19.9. The molecule has 0 aliphatic carbocycles. The second-order valence-electron chi connectivity index (χ2n) is 6.66. The lowest BCUT2D eigenvalue weighted by atomic mass is 10.1. The number of amides is 2. The van der Waals surface area contributed by atoms with E-state index in [1.165, 1.54) is 17.4 Å². The molecule has 146 valence electrons. The van der Waals surface area contributed by atoms with E-state index in [2.05, 4.69) is 10.3 Å². The number of nitrogens with one attached hydrogen (secondary N) is 1. The van der Waals surface area contributed by atoms with Gasteiger partial charge in [-0.25, -0.2) is 13.4 Å². The van der Waals surface area contributed by atoms with Crippen LogP contribution in [0.25, 0.3) is 10.2 Å². The van der Waals surface area contributed by atoms with Gasteiger partial charge < -0.3 is 14.6 Å². The van der Waals surface area contributed by atoms with Crippen molar-refractivity contribution in [1.82, 2.24) is 9.88 Å². The average Bonchev–Trinajstić information content (AvgIpc) is 3.34. The number of carbonyl (C=O) groups is 2. The highest BCUT2D eigenvalue weighted by molar-refractivity contribution is 7.90. The molecule has 1 saturated heterocycles. The van der Waals surface area contributed by atoms with Crippen LogP contribution in [-0.2, 0) is 26.0 Å². The molecule has 4 rings (SSSR count). The molecule has 3 heterocycles. The first-order valence-electron chi connectivity index (χ1n) is 8.51. The van der Waals surface area contributed by atoms with E-state index in [1.807, 2.05) is 0 Å². The Morgan fingerprint density at radius 3 is 2.93 bits per heavy atom. The van der Waals surface area contributed by atoms with Gasteiger partial charge in [0.15, 0.2) is 15.0 Å². The maximum Gasteiger partial charge on any atom is 0.231 e. The summed E-state index contributed by atoms with van der Waals surface area (Å²) < 4.78 is 29.3. The Morgan fingerprint density at radius 2 is 2.21 bits per heavy atom. The Bertz CT molecular complexity index is 1150. The Morgan fingerprint density at radius 1 is 1.39 bits per heavy atom. The molecule has 3 aromatic rings. The van der Waals surface area contributed by atoms with Gasteiger partial charge in [0.25, 0.3) is 0 Å². The van der Waals surface area contributed by atoms with E-state index in [0.717, 1.165) is 6.26 Å². The molecule has 1 atom stereocenters. The minimum absolute atomic E-state index is 0.0985. The van der Waals surface area contributed by atoms with E-state index in [-0.39, 0.29) is 23.1 Å². The maximum atomic E-state index is 12.6. The SMILES string of the molecule is CS(=O)(=O)c1ccc2nc(NC(=O)[C@H]3CC(=O)N(Cc4ccco4)C3)sc2c1. The van der Waals surface area contributed by atoms with Crippen LogP contribution in [0, 0.1) is 5.92 Å². The van der Waals surface area contributed by atoms with Gasteiger partial charge in [-0.3, -0.25) is 9.59 Å². The van der Waals surface area contributed by atoms with Crippen LogP contribution in [0.4, 0.5) is 5.13 Å². The molecular weight excluding hydrogens is 402 g/mol. The Balaban J connectivity index is 1.45. The van der Waals surface area contributed by atoms with Gasteiger partial charge in [-0.15, -0.1) is 0 Å². The zero-order valence-electron chi connectivity index (χ0n) is 14.9. The number of nitrogens with zero attached hydrogens (tertiary/aromatic N) is 2. The summed E-state index contributed by atoms with van der Waals surface area (Å²) in [5.74, 6) is -0.181. The summed E-state index contributed by atoms with van der Waals surface area (Å²) in [7, 11) is -3.31. The smallest absolute Gasteiger partial charge is 0.231 e. The van der Waals surface area contributed by atoms with Gasteiger partial charge in [-0.1, -0.05) is 11.3 Å². The number of hydrogen-bond donors (Lipinski definition) is 1. The molecule has 0 spiro atoms. The Labute approximate surface area is 165 Å². The number of fused-ring (bicyclic) bond motifs is 1. The fraction of sp³-hybridized carbons (Fsp3) is 0.278. The third-order valence-corrected chi connectivity index (χ3v) is 6.57. The van der Waals surface area contributed by atoms with Gasteiger partial charge >= 0.3 is 0 Å². The summed E-state index contributed by atoms with van der Waals surface area (Å²) in [6.07, 6.45) is 2.82. The fourth-order valence-corrected chi connectivity index (χ4v) is 4.72. The van der Waals surface area contributed by atoms with Gasteiger partial charge in [0.2, 0.25) is 11.8 Å². The average molecular weight is 419 g/mol. The molecule has 1 fully saturated rings. The quantitative estimate of drug-likeness (QED) is 0.679. The van der Waals surface area contributed by atoms with Gasteiger partial charge in [-0.05, 0) is 30.3 Å².